The number of anilines is 1. The topological polar surface area (TPSA) is 47.6 Å². The van der Waals surface area contributed by atoms with Gasteiger partial charge in [0.25, 0.3) is 5.91 Å². The van der Waals surface area contributed by atoms with Gasteiger partial charge in [0, 0.05) is 11.3 Å². The van der Waals surface area contributed by atoms with Crippen LogP contribution in [0.3, 0.4) is 0 Å². The largest absolute Gasteiger partial charge is 0.493 e. The van der Waals surface area contributed by atoms with Crippen LogP contribution in [0.1, 0.15) is 21.5 Å². The summed E-state index contributed by atoms with van der Waals surface area (Å²) in [5.74, 6) is -0.467. The second-order valence-electron chi connectivity index (χ2n) is 5.02. The lowest BCUT2D eigenvalue weighted by atomic mass is 10.1. The molecule has 0 saturated heterocycles. The van der Waals surface area contributed by atoms with E-state index in [2.05, 4.69) is 10.1 Å². The van der Waals surface area contributed by atoms with Crippen LogP contribution in [0.15, 0.2) is 36.4 Å². The molecule has 0 bridgehead atoms. The van der Waals surface area contributed by atoms with E-state index in [1.807, 2.05) is 32.0 Å². The predicted molar refractivity (Wildman–Crippen MR) is 83.5 cm³/mol. The Morgan fingerprint density at radius 2 is 1.83 bits per heavy atom. The number of ether oxygens (including phenoxy) is 2. The van der Waals surface area contributed by atoms with Crippen molar-refractivity contribution in [3.8, 4) is 11.5 Å². The third-order valence-corrected chi connectivity index (χ3v) is 3.28. The Balaban J connectivity index is 2.27. The summed E-state index contributed by atoms with van der Waals surface area (Å²) in [5.41, 5.74) is 2.77. The monoisotopic (exact) mass is 321 g/mol. The molecular weight excluding hydrogens is 304 g/mol. The number of aryl methyl sites for hydroxylation is 2. The Labute approximate surface area is 133 Å². The molecule has 0 heterocycles. The molecule has 0 fully saturated rings. The quantitative estimate of drug-likeness (QED) is 0.899. The normalized spacial score (nSPS) is 10.5. The van der Waals surface area contributed by atoms with Crippen LogP contribution in [0.5, 0.6) is 11.5 Å². The van der Waals surface area contributed by atoms with E-state index in [9.17, 15) is 13.6 Å². The first-order chi connectivity index (χ1) is 10.9. The average molecular weight is 321 g/mol. The second-order valence-corrected chi connectivity index (χ2v) is 5.02. The van der Waals surface area contributed by atoms with Crippen molar-refractivity contribution < 1.29 is 23.0 Å². The van der Waals surface area contributed by atoms with Crippen molar-refractivity contribution >= 4 is 11.6 Å². The minimum Gasteiger partial charge on any atom is -0.493 e. The van der Waals surface area contributed by atoms with Gasteiger partial charge in [-0.3, -0.25) is 4.79 Å². The molecule has 0 saturated carbocycles. The molecule has 2 rings (SSSR count). The fourth-order valence-electron chi connectivity index (χ4n) is 2.07. The molecule has 0 aliphatic heterocycles. The van der Waals surface area contributed by atoms with Gasteiger partial charge in [0.2, 0.25) is 0 Å². The molecule has 0 aromatic heterocycles. The molecule has 122 valence electrons. The van der Waals surface area contributed by atoms with E-state index in [4.69, 9.17) is 4.74 Å². The molecular formula is C17H17F2NO3. The molecule has 2 aromatic rings. The second kappa shape index (κ2) is 7.09. The van der Waals surface area contributed by atoms with Crippen LogP contribution in [0, 0.1) is 13.8 Å². The maximum absolute atomic E-state index is 12.4. The molecule has 6 heteroatoms. The zero-order chi connectivity index (χ0) is 17.0. The first-order valence-electron chi connectivity index (χ1n) is 6.92. The number of alkyl halides is 2. The number of hydrogen-bond acceptors (Lipinski definition) is 3. The van der Waals surface area contributed by atoms with Gasteiger partial charge in [-0.15, -0.1) is 0 Å². The Hall–Kier alpha value is -2.63. The first kappa shape index (κ1) is 16.7. The summed E-state index contributed by atoms with van der Waals surface area (Å²) in [4.78, 5) is 12.3. The van der Waals surface area contributed by atoms with Gasteiger partial charge in [0.1, 0.15) is 0 Å². The van der Waals surface area contributed by atoms with Crippen molar-refractivity contribution in [3.05, 3.63) is 53.1 Å². The van der Waals surface area contributed by atoms with Gasteiger partial charge < -0.3 is 14.8 Å². The van der Waals surface area contributed by atoms with Gasteiger partial charge in [-0.2, -0.15) is 8.78 Å². The van der Waals surface area contributed by atoms with E-state index in [1.54, 1.807) is 0 Å². The smallest absolute Gasteiger partial charge is 0.387 e. The molecule has 0 aliphatic rings. The fourth-order valence-corrected chi connectivity index (χ4v) is 2.07. The van der Waals surface area contributed by atoms with Crippen LogP contribution in [0.25, 0.3) is 0 Å². The summed E-state index contributed by atoms with van der Waals surface area (Å²) in [6.07, 6.45) is 0. The summed E-state index contributed by atoms with van der Waals surface area (Å²) in [5, 5.41) is 2.76. The van der Waals surface area contributed by atoms with Crippen molar-refractivity contribution in [1.82, 2.24) is 0 Å². The highest BCUT2D eigenvalue weighted by Gasteiger charge is 2.15. The average Bonchev–Trinajstić information content (AvgIpc) is 2.50. The number of rotatable bonds is 5. The number of nitrogens with one attached hydrogen (secondary N) is 1. The lowest BCUT2D eigenvalue weighted by molar-refractivity contribution is -0.0512. The molecule has 0 radical (unpaired) electrons. The minimum atomic E-state index is -3.00. The van der Waals surface area contributed by atoms with Gasteiger partial charge in [0.05, 0.1) is 7.11 Å². The highest BCUT2D eigenvalue weighted by molar-refractivity contribution is 6.05. The van der Waals surface area contributed by atoms with E-state index < -0.39 is 12.5 Å². The summed E-state index contributed by atoms with van der Waals surface area (Å²) >= 11 is 0. The van der Waals surface area contributed by atoms with Crippen LogP contribution in [-0.2, 0) is 0 Å². The van der Waals surface area contributed by atoms with Gasteiger partial charge >= 0.3 is 6.61 Å². The zero-order valence-electron chi connectivity index (χ0n) is 13.0. The Morgan fingerprint density at radius 1 is 1.09 bits per heavy atom. The van der Waals surface area contributed by atoms with Crippen molar-refractivity contribution in [1.29, 1.82) is 0 Å². The molecule has 1 N–H and O–H groups in total. The number of benzene rings is 2. The van der Waals surface area contributed by atoms with E-state index in [-0.39, 0.29) is 17.1 Å². The zero-order valence-corrected chi connectivity index (χ0v) is 13.0. The third-order valence-electron chi connectivity index (χ3n) is 3.28. The minimum absolute atomic E-state index is 0.133. The van der Waals surface area contributed by atoms with Crippen LogP contribution < -0.4 is 14.8 Å². The standard InChI is InChI=1S/C17H17F2NO3/c1-10-4-5-11(2)13(8-10)20-16(21)12-6-7-14(22-3)15(9-12)23-17(18)19/h4-9,17H,1-3H3,(H,20,21). The Morgan fingerprint density at radius 3 is 2.48 bits per heavy atom. The summed E-state index contributed by atoms with van der Waals surface area (Å²) in [6, 6.07) is 9.80. The molecule has 0 spiro atoms. The van der Waals surface area contributed by atoms with Gasteiger partial charge in [-0.1, -0.05) is 12.1 Å². The van der Waals surface area contributed by atoms with Crippen LogP contribution in [-0.4, -0.2) is 19.6 Å². The highest BCUT2D eigenvalue weighted by atomic mass is 19.3. The van der Waals surface area contributed by atoms with E-state index >= 15 is 0 Å². The van der Waals surface area contributed by atoms with Crippen molar-refractivity contribution in [2.75, 3.05) is 12.4 Å². The molecule has 4 nitrogen and oxygen atoms in total. The maximum atomic E-state index is 12.4. The van der Waals surface area contributed by atoms with Crippen LogP contribution in [0.4, 0.5) is 14.5 Å². The van der Waals surface area contributed by atoms with Gasteiger partial charge in [-0.25, -0.2) is 0 Å². The fraction of sp³-hybridized carbons (Fsp3) is 0.235. The number of amides is 1. The SMILES string of the molecule is COc1ccc(C(=O)Nc2cc(C)ccc2C)cc1OC(F)F. The van der Waals surface area contributed by atoms with E-state index in [0.29, 0.717) is 5.69 Å². The van der Waals surface area contributed by atoms with Crippen molar-refractivity contribution in [3.63, 3.8) is 0 Å². The first-order valence-corrected chi connectivity index (χ1v) is 6.92. The van der Waals surface area contributed by atoms with Crippen LogP contribution in [0.2, 0.25) is 0 Å². The molecule has 2 aromatic carbocycles. The summed E-state index contributed by atoms with van der Waals surface area (Å²) < 4.78 is 34.2. The Kier molecular flexibility index (Phi) is 5.16. The Bertz CT molecular complexity index is 717. The highest BCUT2D eigenvalue weighted by Crippen LogP contribution is 2.30. The van der Waals surface area contributed by atoms with Crippen LogP contribution >= 0.6 is 0 Å². The number of hydrogen-bond donors (Lipinski definition) is 1. The van der Waals surface area contributed by atoms with Gasteiger partial charge in [-0.05, 0) is 49.2 Å². The third kappa shape index (κ3) is 4.18. The molecule has 0 unspecified atom stereocenters. The lowest BCUT2D eigenvalue weighted by Gasteiger charge is -2.13. The van der Waals surface area contributed by atoms with Crippen molar-refractivity contribution in [2.45, 2.75) is 20.5 Å². The summed E-state index contributed by atoms with van der Waals surface area (Å²) in [6.45, 7) is 0.784. The lowest BCUT2D eigenvalue weighted by Crippen LogP contribution is -2.13. The predicted octanol–water partition coefficient (Wildman–Crippen LogP) is 4.17. The molecule has 0 atom stereocenters. The van der Waals surface area contributed by atoms with Crippen molar-refractivity contribution in [2.24, 2.45) is 0 Å². The molecule has 1 amide bonds. The summed E-state index contributed by atoms with van der Waals surface area (Å²) in [7, 11) is 1.34. The van der Waals surface area contributed by atoms with Gasteiger partial charge in [0.15, 0.2) is 11.5 Å². The van der Waals surface area contributed by atoms with E-state index in [0.717, 1.165) is 11.1 Å². The molecule has 0 aliphatic carbocycles. The molecule has 23 heavy (non-hydrogen) atoms. The maximum Gasteiger partial charge on any atom is 0.387 e. The van der Waals surface area contributed by atoms with E-state index in [1.165, 1.54) is 25.3 Å². The number of halogens is 2. The number of methoxy groups -OCH3 is 1. The number of carbonyl (C=O) groups is 1. The number of carbonyl (C=O) groups excluding carboxylic acids is 1.